The van der Waals surface area contributed by atoms with Crippen molar-refractivity contribution in [3.8, 4) is 11.5 Å². The van der Waals surface area contributed by atoms with E-state index in [9.17, 15) is 9.59 Å². The maximum atomic E-state index is 12.0. The van der Waals surface area contributed by atoms with Gasteiger partial charge in [-0.1, -0.05) is 25.2 Å². The zero-order chi connectivity index (χ0) is 17.1. The Hall–Kier alpha value is -2.68. The van der Waals surface area contributed by atoms with Gasteiger partial charge in [0, 0.05) is 17.7 Å². The molecule has 0 bridgehead atoms. The number of aromatic nitrogens is 2. The van der Waals surface area contributed by atoms with E-state index in [2.05, 4.69) is 20.8 Å². The lowest BCUT2D eigenvalue weighted by atomic mass is 10.2. The first kappa shape index (κ1) is 16.2. The number of benzene rings is 1. The lowest BCUT2D eigenvalue weighted by molar-refractivity contribution is -0.133. The molecule has 0 aliphatic carbocycles. The van der Waals surface area contributed by atoms with Gasteiger partial charge in [-0.15, -0.1) is 10.2 Å². The smallest absolute Gasteiger partial charge is 0.315 e. The first-order valence-corrected chi connectivity index (χ1v) is 8.20. The molecule has 3 rings (SSSR count). The molecule has 9 heteroatoms. The molecule has 0 saturated heterocycles. The second-order valence-electron chi connectivity index (χ2n) is 5.37. The fourth-order valence-electron chi connectivity index (χ4n) is 1.98. The Kier molecular flexibility index (Phi) is 4.61. The summed E-state index contributed by atoms with van der Waals surface area (Å²) in [6, 6.07) is 4.93. The zero-order valence-corrected chi connectivity index (χ0v) is 14.0. The fraction of sp³-hybridized carbons (Fsp3) is 0.333. The normalized spacial score (nSPS) is 12.8. The van der Waals surface area contributed by atoms with Crippen molar-refractivity contribution in [1.29, 1.82) is 0 Å². The SMILES string of the molecule is CC(C)c1nnc(NC(=O)C(=O)Nc2ccc3c(c2)OCCO3)s1. The third-order valence-corrected chi connectivity index (χ3v) is 4.30. The van der Waals surface area contributed by atoms with Crippen LogP contribution in [-0.2, 0) is 9.59 Å². The largest absolute Gasteiger partial charge is 0.486 e. The van der Waals surface area contributed by atoms with Gasteiger partial charge in [0.2, 0.25) is 5.13 Å². The van der Waals surface area contributed by atoms with Gasteiger partial charge in [-0.25, -0.2) is 0 Å². The van der Waals surface area contributed by atoms with E-state index in [1.54, 1.807) is 18.2 Å². The van der Waals surface area contributed by atoms with Crippen LogP contribution in [0.1, 0.15) is 24.8 Å². The number of ether oxygens (including phenoxy) is 2. The van der Waals surface area contributed by atoms with Crippen LogP contribution in [0.3, 0.4) is 0 Å². The van der Waals surface area contributed by atoms with Crippen molar-refractivity contribution >= 4 is 34.0 Å². The van der Waals surface area contributed by atoms with Crippen molar-refractivity contribution in [2.24, 2.45) is 0 Å². The second kappa shape index (κ2) is 6.83. The van der Waals surface area contributed by atoms with Gasteiger partial charge in [-0.05, 0) is 12.1 Å². The molecule has 2 N–H and O–H groups in total. The van der Waals surface area contributed by atoms with Crippen LogP contribution in [0, 0.1) is 0 Å². The average Bonchev–Trinajstić information content (AvgIpc) is 3.03. The number of carbonyl (C=O) groups is 2. The lowest BCUT2D eigenvalue weighted by Crippen LogP contribution is -2.29. The Morgan fingerprint density at radius 1 is 1.08 bits per heavy atom. The minimum absolute atomic E-state index is 0.208. The Bertz CT molecular complexity index is 775. The molecule has 1 aromatic heterocycles. The summed E-state index contributed by atoms with van der Waals surface area (Å²) in [5.41, 5.74) is 0.444. The minimum Gasteiger partial charge on any atom is -0.486 e. The zero-order valence-electron chi connectivity index (χ0n) is 13.2. The third-order valence-electron chi connectivity index (χ3n) is 3.16. The molecule has 0 saturated carbocycles. The summed E-state index contributed by atoms with van der Waals surface area (Å²) in [5.74, 6) is -0.257. The van der Waals surface area contributed by atoms with E-state index in [-0.39, 0.29) is 5.92 Å². The molecule has 24 heavy (non-hydrogen) atoms. The third kappa shape index (κ3) is 3.62. The summed E-state index contributed by atoms with van der Waals surface area (Å²) in [7, 11) is 0. The van der Waals surface area contributed by atoms with Crippen molar-refractivity contribution in [3.05, 3.63) is 23.2 Å². The van der Waals surface area contributed by atoms with Crippen LogP contribution < -0.4 is 20.1 Å². The molecular formula is C15H16N4O4S. The van der Waals surface area contributed by atoms with Crippen LogP contribution >= 0.6 is 11.3 Å². The molecule has 126 valence electrons. The quantitative estimate of drug-likeness (QED) is 0.823. The number of nitrogens with one attached hydrogen (secondary N) is 2. The number of amides is 2. The summed E-state index contributed by atoms with van der Waals surface area (Å²) >= 11 is 1.24. The fourth-order valence-corrected chi connectivity index (χ4v) is 2.72. The van der Waals surface area contributed by atoms with Gasteiger partial charge in [0.15, 0.2) is 11.5 Å². The highest BCUT2D eigenvalue weighted by atomic mass is 32.1. The lowest BCUT2D eigenvalue weighted by Gasteiger charge is -2.18. The Morgan fingerprint density at radius 2 is 1.79 bits per heavy atom. The molecule has 1 aliphatic rings. The topological polar surface area (TPSA) is 102 Å². The highest BCUT2D eigenvalue weighted by Gasteiger charge is 2.18. The first-order chi connectivity index (χ1) is 11.5. The number of hydrogen-bond donors (Lipinski definition) is 2. The molecular weight excluding hydrogens is 332 g/mol. The molecule has 0 atom stereocenters. The Balaban J connectivity index is 1.62. The first-order valence-electron chi connectivity index (χ1n) is 7.38. The molecule has 1 aliphatic heterocycles. The maximum Gasteiger partial charge on any atom is 0.315 e. The van der Waals surface area contributed by atoms with Crippen molar-refractivity contribution in [1.82, 2.24) is 10.2 Å². The highest BCUT2D eigenvalue weighted by molar-refractivity contribution is 7.15. The molecule has 0 fully saturated rings. The van der Waals surface area contributed by atoms with Crippen LogP contribution in [0.2, 0.25) is 0 Å². The van der Waals surface area contributed by atoms with Gasteiger partial charge in [-0.3, -0.25) is 14.9 Å². The van der Waals surface area contributed by atoms with Crippen LogP contribution in [-0.4, -0.2) is 35.2 Å². The average molecular weight is 348 g/mol. The van der Waals surface area contributed by atoms with Gasteiger partial charge in [0.1, 0.15) is 18.2 Å². The summed E-state index contributed by atoms with van der Waals surface area (Å²) in [6.07, 6.45) is 0. The van der Waals surface area contributed by atoms with E-state index in [1.165, 1.54) is 11.3 Å². The number of carbonyl (C=O) groups excluding carboxylic acids is 2. The van der Waals surface area contributed by atoms with E-state index in [0.717, 1.165) is 5.01 Å². The van der Waals surface area contributed by atoms with Crippen molar-refractivity contribution < 1.29 is 19.1 Å². The van der Waals surface area contributed by atoms with Gasteiger partial charge in [-0.2, -0.15) is 0 Å². The number of nitrogens with zero attached hydrogens (tertiary/aromatic N) is 2. The van der Waals surface area contributed by atoms with Gasteiger partial charge in [0.25, 0.3) is 0 Å². The Labute approximate surface area is 142 Å². The number of fused-ring (bicyclic) bond motifs is 1. The van der Waals surface area contributed by atoms with Gasteiger partial charge >= 0.3 is 11.8 Å². The molecule has 8 nitrogen and oxygen atoms in total. The number of hydrogen-bond acceptors (Lipinski definition) is 7. The van der Waals surface area contributed by atoms with Crippen LogP contribution in [0.15, 0.2) is 18.2 Å². The molecule has 0 unspecified atom stereocenters. The van der Waals surface area contributed by atoms with E-state index in [0.29, 0.717) is 35.5 Å². The van der Waals surface area contributed by atoms with Gasteiger partial charge in [0.05, 0.1) is 0 Å². The highest BCUT2D eigenvalue weighted by Crippen LogP contribution is 2.32. The minimum atomic E-state index is -0.809. The second-order valence-corrected chi connectivity index (χ2v) is 6.38. The molecule has 2 aromatic rings. The number of anilines is 2. The predicted octanol–water partition coefficient (Wildman–Crippen LogP) is 2.01. The summed E-state index contributed by atoms with van der Waals surface area (Å²) < 4.78 is 10.8. The monoisotopic (exact) mass is 348 g/mol. The van der Waals surface area contributed by atoms with Crippen molar-refractivity contribution in [2.45, 2.75) is 19.8 Å². The van der Waals surface area contributed by atoms with Crippen molar-refractivity contribution in [3.63, 3.8) is 0 Å². The molecule has 0 radical (unpaired) electrons. The Morgan fingerprint density at radius 3 is 2.50 bits per heavy atom. The molecule has 1 aromatic carbocycles. The van der Waals surface area contributed by atoms with E-state index >= 15 is 0 Å². The number of rotatable bonds is 3. The van der Waals surface area contributed by atoms with E-state index in [4.69, 9.17) is 9.47 Å². The van der Waals surface area contributed by atoms with E-state index < -0.39 is 11.8 Å². The standard InChI is InChI=1S/C15H16N4O4S/c1-8(2)14-18-19-15(24-14)17-13(21)12(20)16-9-3-4-10-11(7-9)23-6-5-22-10/h3-4,7-8H,5-6H2,1-2H3,(H,16,20)(H,17,19,21). The molecule has 2 heterocycles. The van der Waals surface area contributed by atoms with Crippen LogP contribution in [0.4, 0.5) is 10.8 Å². The van der Waals surface area contributed by atoms with Gasteiger partial charge < -0.3 is 14.8 Å². The summed E-state index contributed by atoms with van der Waals surface area (Å²) in [4.78, 5) is 23.9. The maximum absolute atomic E-state index is 12.0. The van der Waals surface area contributed by atoms with Crippen LogP contribution in [0.25, 0.3) is 0 Å². The summed E-state index contributed by atoms with van der Waals surface area (Å²) in [5, 5.41) is 13.8. The van der Waals surface area contributed by atoms with E-state index in [1.807, 2.05) is 13.8 Å². The van der Waals surface area contributed by atoms with Crippen molar-refractivity contribution in [2.75, 3.05) is 23.8 Å². The predicted molar refractivity (Wildman–Crippen MR) is 88.7 cm³/mol. The van der Waals surface area contributed by atoms with Crippen LogP contribution in [0.5, 0.6) is 11.5 Å². The molecule has 2 amide bonds. The molecule has 0 spiro atoms. The summed E-state index contributed by atoms with van der Waals surface area (Å²) in [6.45, 7) is 4.88.